The monoisotopic (exact) mass is 226 g/mol. The first-order valence-electron chi connectivity index (χ1n) is 5.19. The van der Waals surface area contributed by atoms with Crippen molar-refractivity contribution in [2.75, 3.05) is 26.8 Å². The molecule has 0 unspecified atom stereocenters. The van der Waals surface area contributed by atoms with Crippen LogP contribution in [-0.2, 0) is 16.1 Å². The third-order valence-electron chi connectivity index (χ3n) is 2.14. The van der Waals surface area contributed by atoms with Crippen LogP contribution in [-0.4, -0.2) is 42.7 Å². The first-order valence-corrected chi connectivity index (χ1v) is 5.19. The van der Waals surface area contributed by atoms with Gasteiger partial charge in [0.15, 0.2) is 0 Å². The zero-order valence-corrected chi connectivity index (χ0v) is 9.67. The average molecular weight is 226 g/mol. The summed E-state index contributed by atoms with van der Waals surface area (Å²) in [6.45, 7) is 3.90. The number of imidazole rings is 1. The van der Waals surface area contributed by atoms with E-state index in [0.717, 1.165) is 11.4 Å². The predicted molar refractivity (Wildman–Crippen MR) is 59.9 cm³/mol. The van der Waals surface area contributed by atoms with Gasteiger partial charge in [0.05, 0.1) is 25.2 Å². The van der Waals surface area contributed by atoms with Crippen LogP contribution in [0.4, 0.5) is 0 Å². The minimum atomic E-state index is -0.0368. The molecule has 1 aromatic rings. The van der Waals surface area contributed by atoms with Gasteiger partial charge in [-0.05, 0) is 6.92 Å². The Morgan fingerprint density at radius 3 is 3.06 bits per heavy atom. The maximum atomic E-state index is 11.3. The SMILES string of the molecule is COCCNC(=O)CNCc1nc[nH]c1C. The van der Waals surface area contributed by atoms with Crippen LogP contribution in [0.15, 0.2) is 6.33 Å². The fourth-order valence-electron chi connectivity index (χ4n) is 1.21. The van der Waals surface area contributed by atoms with Gasteiger partial charge in [-0.1, -0.05) is 0 Å². The predicted octanol–water partition coefficient (Wildman–Crippen LogP) is -0.430. The number of aromatic nitrogens is 2. The molecule has 0 aromatic carbocycles. The summed E-state index contributed by atoms with van der Waals surface area (Å²) in [5.41, 5.74) is 1.96. The summed E-state index contributed by atoms with van der Waals surface area (Å²) in [6.07, 6.45) is 1.64. The Hall–Kier alpha value is -1.40. The molecule has 16 heavy (non-hydrogen) atoms. The van der Waals surface area contributed by atoms with Crippen LogP contribution in [0, 0.1) is 6.92 Å². The molecule has 3 N–H and O–H groups in total. The van der Waals surface area contributed by atoms with E-state index in [9.17, 15) is 4.79 Å². The molecule has 0 bridgehead atoms. The molecule has 0 spiro atoms. The van der Waals surface area contributed by atoms with E-state index >= 15 is 0 Å². The number of methoxy groups -OCH3 is 1. The molecular formula is C10H18N4O2. The van der Waals surface area contributed by atoms with Crippen molar-refractivity contribution in [2.24, 2.45) is 0 Å². The molecule has 0 fully saturated rings. The highest BCUT2D eigenvalue weighted by molar-refractivity contribution is 5.77. The van der Waals surface area contributed by atoms with E-state index in [1.165, 1.54) is 0 Å². The topological polar surface area (TPSA) is 79.0 Å². The summed E-state index contributed by atoms with van der Waals surface area (Å²) in [6, 6.07) is 0. The summed E-state index contributed by atoms with van der Waals surface area (Å²) in [5, 5.41) is 5.74. The van der Waals surface area contributed by atoms with Crippen molar-refractivity contribution in [1.82, 2.24) is 20.6 Å². The van der Waals surface area contributed by atoms with Crippen LogP contribution in [0.5, 0.6) is 0 Å². The number of hydrogen-bond donors (Lipinski definition) is 3. The Balaban J connectivity index is 2.11. The van der Waals surface area contributed by atoms with Crippen LogP contribution in [0.25, 0.3) is 0 Å². The molecular weight excluding hydrogens is 208 g/mol. The number of carbonyl (C=O) groups is 1. The minimum Gasteiger partial charge on any atom is -0.383 e. The van der Waals surface area contributed by atoms with E-state index in [0.29, 0.717) is 19.7 Å². The third kappa shape index (κ3) is 4.41. The maximum Gasteiger partial charge on any atom is 0.234 e. The van der Waals surface area contributed by atoms with Crippen molar-refractivity contribution in [3.8, 4) is 0 Å². The summed E-state index contributed by atoms with van der Waals surface area (Å²) < 4.78 is 4.82. The Kier molecular flexibility index (Phi) is 5.52. The molecule has 6 heteroatoms. The standard InChI is InChI=1S/C10H18N4O2/c1-8-9(14-7-13-8)5-11-6-10(15)12-3-4-16-2/h7,11H,3-6H2,1-2H3,(H,12,15)(H,13,14). The second kappa shape index (κ2) is 6.97. The number of nitrogens with zero attached hydrogens (tertiary/aromatic N) is 1. The van der Waals surface area contributed by atoms with Crippen molar-refractivity contribution in [3.63, 3.8) is 0 Å². The number of ether oxygens (including phenoxy) is 1. The highest BCUT2D eigenvalue weighted by Gasteiger charge is 2.02. The first kappa shape index (κ1) is 12.7. The molecule has 0 aliphatic rings. The number of amides is 1. The third-order valence-corrected chi connectivity index (χ3v) is 2.14. The van der Waals surface area contributed by atoms with E-state index in [2.05, 4.69) is 20.6 Å². The van der Waals surface area contributed by atoms with E-state index in [4.69, 9.17) is 4.74 Å². The minimum absolute atomic E-state index is 0.0368. The quantitative estimate of drug-likeness (QED) is 0.551. The number of carbonyl (C=O) groups excluding carboxylic acids is 1. The zero-order chi connectivity index (χ0) is 11.8. The number of rotatable bonds is 7. The van der Waals surface area contributed by atoms with Gasteiger partial charge in [0.1, 0.15) is 0 Å². The summed E-state index contributed by atoms with van der Waals surface area (Å²) in [5.74, 6) is -0.0368. The van der Waals surface area contributed by atoms with Gasteiger partial charge in [0, 0.05) is 25.9 Å². The maximum absolute atomic E-state index is 11.3. The van der Waals surface area contributed by atoms with Gasteiger partial charge in [-0.15, -0.1) is 0 Å². The van der Waals surface area contributed by atoms with Gasteiger partial charge < -0.3 is 20.4 Å². The molecule has 1 heterocycles. The van der Waals surface area contributed by atoms with Gasteiger partial charge in [-0.3, -0.25) is 4.79 Å². The van der Waals surface area contributed by atoms with Crippen molar-refractivity contribution in [2.45, 2.75) is 13.5 Å². The zero-order valence-electron chi connectivity index (χ0n) is 9.67. The van der Waals surface area contributed by atoms with Gasteiger partial charge in [-0.2, -0.15) is 0 Å². The Morgan fingerprint density at radius 2 is 2.44 bits per heavy atom. The summed E-state index contributed by atoms with van der Waals surface area (Å²) in [7, 11) is 1.60. The lowest BCUT2D eigenvalue weighted by Gasteiger charge is -2.05. The first-order chi connectivity index (χ1) is 7.74. The van der Waals surface area contributed by atoms with E-state index in [-0.39, 0.29) is 12.5 Å². The number of aryl methyl sites for hydroxylation is 1. The molecule has 1 rings (SSSR count). The molecule has 0 aliphatic carbocycles. The number of H-pyrrole nitrogens is 1. The summed E-state index contributed by atoms with van der Waals surface area (Å²) >= 11 is 0. The van der Waals surface area contributed by atoms with Gasteiger partial charge >= 0.3 is 0 Å². The largest absolute Gasteiger partial charge is 0.383 e. The lowest BCUT2D eigenvalue weighted by molar-refractivity contribution is -0.120. The Bertz CT molecular complexity index is 324. The van der Waals surface area contributed by atoms with E-state index in [1.807, 2.05) is 6.92 Å². The fraction of sp³-hybridized carbons (Fsp3) is 0.600. The lowest BCUT2D eigenvalue weighted by atomic mass is 10.3. The lowest BCUT2D eigenvalue weighted by Crippen LogP contribution is -2.35. The Morgan fingerprint density at radius 1 is 1.62 bits per heavy atom. The number of hydrogen-bond acceptors (Lipinski definition) is 4. The van der Waals surface area contributed by atoms with Crippen molar-refractivity contribution in [1.29, 1.82) is 0 Å². The van der Waals surface area contributed by atoms with Crippen molar-refractivity contribution in [3.05, 3.63) is 17.7 Å². The van der Waals surface area contributed by atoms with Crippen molar-refractivity contribution >= 4 is 5.91 Å². The van der Waals surface area contributed by atoms with Gasteiger partial charge in [0.25, 0.3) is 0 Å². The van der Waals surface area contributed by atoms with E-state index < -0.39 is 0 Å². The smallest absolute Gasteiger partial charge is 0.234 e. The van der Waals surface area contributed by atoms with Crippen LogP contribution in [0.1, 0.15) is 11.4 Å². The van der Waals surface area contributed by atoms with E-state index in [1.54, 1.807) is 13.4 Å². The van der Waals surface area contributed by atoms with Crippen LogP contribution < -0.4 is 10.6 Å². The van der Waals surface area contributed by atoms with Crippen LogP contribution in [0.2, 0.25) is 0 Å². The molecule has 1 amide bonds. The average Bonchev–Trinajstić information content (AvgIpc) is 2.65. The highest BCUT2D eigenvalue weighted by Crippen LogP contribution is 1.98. The molecule has 6 nitrogen and oxygen atoms in total. The normalized spacial score (nSPS) is 10.4. The second-order valence-corrected chi connectivity index (χ2v) is 3.42. The molecule has 0 atom stereocenters. The highest BCUT2D eigenvalue weighted by atomic mass is 16.5. The van der Waals surface area contributed by atoms with Gasteiger partial charge in [0.2, 0.25) is 5.91 Å². The number of nitrogens with one attached hydrogen (secondary N) is 3. The molecule has 0 aliphatic heterocycles. The summed E-state index contributed by atoms with van der Waals surface area (Å²) in [4.78, 5) is 18.4. The van der Waals surface area contributed by atoms with Crippen LogP contribution in [0.3, 0.4) is 0 Å². The van der Waals surface area contributed by atoms with Gasteiger partial charge in [-0.25, -0.2) is 4.98 Å². The molecule has 0 radical (unpaired) electrons. The molecule has 0 saturated carbocycles. The Labute approximate surface area is 94.8 Å². The fourth-order valence-corrected chi connectivity index (χ4v) is 1.21. The second-order valence-electron chi connectivity index (χ2n) is 3.42. The van der Waals surface area contributed by atoms with Crippen LogP contribution >= 0.6 is 0 Å². The number of aromatic amines is 1. The van der Waals surface area contributed by atoms with Crippen molar-refractivity contribution < 1.29 is 9.53 Å². The molecule has 1 aromatic heterocycles. The molecule has 90 valence electrons. The molecule has 0 saturated heterocycles.